The van der Waals surface area contributed by atoms with Crippen LogP contribution < -0.4 is 11.5 Å². The maximum atomic E-state index is 12.8. The Labute approximate surface area is 141 Å². The van der Waals surface area contributed by atoms with Crippen LogP contribution in [0.3, 0.4) is 0 Å². The lowest BCUT2D eigenvalue weighted by molar-refractivity contribution is 0.422. The first-order chi connectivity index (χ1) is 10.9. The van der Waals surface area contributed by atoms with Gasteiger partial charge in [0.25, 0.3) is 0 Å². The molecule has 1 aromatic heterocycles. The average Bonchev–Trinajstić information content (AvgIpc) is 2.54. The second kappa shape index (κ2) is 7.74. The number of rotatable bonds is 7. The first kappa shape index (κ1) is 17.7. The van der Waals surface area contributed by atoms with E-state index >= 15 is 0 Å². The van der Waals surface area contributed by atoms with Gasteiger partial charge < -0.3 is 11.5 Å². The van der Waals surface area contributed by atoms with Crippen molar-refractivity contribution in [2.24, 2.45) is 5.73 Å². The molecule has 0 bridgehead atoms. The number of pyridine rings is 1. The molecule has 4 N–H and O–H groups in total. The van der Waals surface area contributed by atoms with Gasteiger partial charge in [-0.15, -0.1) is 0 Å². The lowest BCUT2D eigenvalue weighted by Crippen LogP contribution is -2.37. The van der Waals surface area contributed by atoms with E-state index in [1.54, 1.807) is 0 Å². The van der Waals surface area contributed by atoms with Gasteiger partial charge in [0.1, 0.15) is 10.7 Å². The Bertz CT molecular complexity index is 753. The summed E-state index contributed by atoms with van der Waals surface area (Å²) in [6, 6.07) is 10.9. The number of aromatic nitrogens is 1. The summed E-state index contributed by atoms with van der Waals surface area (Å²) in [6.45, 7) is 0.707. The van der Waals surface area contributed by atoms with Gasteiger partial charge in [-0.05, 0) is 18.1 Å². The van der Waals surface area contributed by atoms with Gasteiger partial charge in [-0.3, -0.25) is 0 Å². The fraction of sp³-hybridized carbons (Fsp3) is 0.267. The highest BCUT2D eigenvalue weighted by Gasteiger charge is 2.26. The first-order valence-corrected chi connectivity index (χ1v) is 8.92. The molecular weight excluding hydrogens is 336 g/mol. The highest BCUT2D eigenvalue weighted by Crippen LogP contribution is 2.24. The van der Waals surface area contributed by atoms with E-state index in [2.05, 4.69) is 4.98 Å². The monoisotopic (exact) mass is 354 g/mol. The molecule has 0 aliphatic carbocycles. The van der Waals surface area contributed by atoms with Crippen molar-refractivity contribution in [3.8, 4) is 0 Å². The van der Waals surface area contributed by atoms with Crippen molar-refractivity contribution in [1.29, 1.82) is 0 Å². The van der Waals surface area contributed by atoms with E-state index in [1.807, 2.05) is 30.3 Å². The number of hydrogen-bond acceptors (Lipinski definition) is 5. The molecule has 0 spiro atoms. The molecule has 0 aliphatic heterocycles. The highest BCUT2D eigenvalue weighted by molar-refractivity contribution is 7.89. The predicted octanol–water partition coefficient (Wildman–Crippen LogP) is 1.51. The number of nitrogen functional groups attached to an aromatic ring is 1. The molecule has 124 valence electrons. The summed E-state index contributed by atoms with van der Waals surface area (Å²) in [6.07, 6.45) is 1.89. The number of sulfonamides is 1. The molecule has 0 saturated heterocycles. The SMILES string of the molecule is NCCN(CCc1ccccc1)S(=O)(=O)c1cc(Cl)cnc1N. The van der Waals surface area contributed by atoms with Crippen molar-refractivity contribution in [1.82, 2.24) is 9.29 Å². The van der Waals surface area contributed by atoms with Crippen LogP contribution in [-0.2, 0) is 16.4 Å². The Kier molecular flexibility index (Phi) is 5.95. The zero-order chi connectivity index (χ0) is 16.9. The van der Waals surface area contributed by atoms with Gasteiger partial charge in [-0.1, -0.05) is 41.9 Å². The van der Waals surface area contributed by atoms with Crippen LogP contribution in [0, 0.1) is 0 Å². The molecular formula is C15H19ClN4O2S. The number of hydrogen-bond donors (Lipinski definition) is 2. The Balaban J connectivity index is 2.26. The quantitative estimate of drug-likeness (QED) is 0.784. The number of nitrogens with zero attached hydrogens (tertiary/aromatic N) is 2. The molecule has 0 amide bonds. The average molecular weight is 355 g/mol. The van der Waals surface area contributed by atoms with Crippen molar-refractivity contribution in [3.05, 3.63) is 53.2 Å². The number of halogens is 1. The van der Waals surface area contributed by atoms with Gasteiger partial charge >= 0.3 is 0 Å². The third kappa shape index (κ3) is 4.42. The molecule has 1 aromatic carbocycles. The van der Waals surface area contributed by atoms with Crippen LogP contribution in [0.2, 0.25) is 5.02 Å². The fourth-order valence-corrected chi connectivity index (χ4v) is 3.94. The van der Waals surface area contributed by atoms with Crippen molar-refractivity contribution in [2.75, 3.05) is 25.4 Å². The van der Waals surface area contributed by atoms with Crippen LogP contribution in [-0.4, -0.2) is 37.3 Å². The Morgan fingerprint density at radius 3 is 2.52 bits per heavy atom. The third-order valence-corrected chi connectivity index (χ3v) is 5.47. The van der Waals surface area contributed by atoms with E-state index in [0.29, 0.717) is 13.0 Å². The summed E-state index contributed by atoms with van der Waals surface area (Å²) in [5.41, 5.74) is 12.3. The van der Waals surface area contributed by atoms with Crippen LogP contribution >= 0.6 is 11.6 Å². The summed E-state index contributed by atoms with van der Waals surface area (Å²) in [7, 11) is -3.81. The Morgan fingerprint density at radius 1 is 1.17 bits per heavy atom. The maximum Gasteiger partial charge on any atom is 0.246 e. The first-order valence-electron chi connectivity index (χ1n) is 7.10. The molecule has 23 heavy (non-hydrogen) atoms. The molecule has 0 radical (unpaired) electrons. The van der Waals surface area contributed by atoms with E-state index in [-0.39, 0.29) is 28.8 Å². The standard InChI is InChI=1S/C15H19ClN4O2S/c16-13-10-14(15(18)19-11-13)23(21,22)20(9-7-17)8-6-12-4-2-1-3-5-12/h1-5,10-11H,6-9,17H2,(H2,18,19). The van der Waals surface area contributed by atoms with Crippen molar-refractivity contribution in [3.63, 3.8) is 0 Å². The fourth-order valence-electron chi connectivity index (χ4n) is 2.17. The molecule has 2 aromatic rings. The molecule has 0 saturated carbocycles. The maximum absolute atomic E-state index is 12.8. The molecule has 1 heterocycles. The lowest BCUT2D eigenvalue weighted by Gasteiger charge is -2.22. The normalized spacial score (nSPS) is 11.8. The molecule has 2 rings (SSSR count). The van der Waals surface area contributed by atoms with Crippen LogP contribution in [0.4, 0.5) is 5.82 Å². The van der Waals surface area contributed by atoms with E-state index in [0.717, 1.165) is 5.56 Å². The van der Waals surface area contributed by atoms with Gasteiger partial charge in [-0.25, -0.2) is 13.4 Å². The summed E-state index contributed by atoms with van der Waals surface area (Å²) in [4.78, 5) is 3.72. The summed E-state index contributed by atoms with van der Waals surface area (Å²) < 4.78 is 26.9. The van der Waals surface area contributed by atoms with Crippen LogP contribution in [0.5, 0.6) is 0 Å². The largest absolute Gasteiger partial charge is 0.383 e. The Morgan fingerprint density at radius 2 is 1.87 bits per heavy atom. The third-order valence-electron chi connectivity index (χ3n) is 3.34. The minimum atomic E-state index is -3.81. The highest BCUT2D eigenvalue weighted by atomic mass is 35.5. The lowest BCUT2D eigenvalue weighted by atomic mass is 10.1. The molecule has 0 fully saturated rings. The number of nitrogens with two attached hydrogens (primary N) is 2. The van der Waals surface area contributed by atoms with Crippen molar-refractivity contribution < 1.29 is 8.42 Å². The summed E-state index contributed by atoms with van der Waals surface area (Å²) >= 11 is 5.85. The predicted molar refractivity (Wildman–Crippen MR) is 91.6 cm³/mol. The zero-order valence-electron chi connectivity index (χ0n) is 12.5. The zero-order valence-corrected chi connectivity index (χ0v) is 14.1. The number of benzene rings is 1. The van der Waals surface area contributed by atoms with Crippen LogP contribution in [0.15, 0.2) is 47.5 Å². The van der Waals surface area contributed by atoms with Gasteiger partial charge in [0.15, 0.2) is 0 Å². The second-order valence-electron chi connectivity index (χ2n) is 4.97. The molecule has 0 unspecified atom stereocenters. The molecule has 8 heteroatoms. The smallest absolute Gasteiger partial charge is 0.246 e. The summed E-state index contributed by atoms with van der Waals surface area (Å²) in [5.74, 6) is -0.0730. The van der Waals surface area contributed by atoms with E-state index < -0.39 is 10.0 Å². The molecule has 0 aliphatic rings. The summed E-state index contributed by atoms with van der Waals surface area (Å²) in [5, 5.41) is 0.216. The second-order valence-corrected chi connectivity index (χ2v) is 7.31. The minimum Gasteiger partial charge on any atom is -0.383 e. The van der Waals surface area contributed by atoms with Gasteiger partial charge in [0.05, 0.1) is 5.02 Å². The Hall–Kier alpha value is -1.67. The van der Waals surface area contributed by atoms with Crippen molar-refractivity contribution >= 4 is 27.4 Å². The van der Waals surface area contributed by atoms with Gasteiger partial charge in [0, 0.05) is 25.8 Å². The van der Waals surface area contributed by atoms with Gasteiger partial charge in [0.2, 0.25) is 10.0 Å². The molecule has 6 nitrogen and oxygen atoms in total. The minimum absolute atomic E-state index is 0.0730. The van der Waals surface area contributed by atoms with Crippen LogP contribution in [0.25, 0.3) is 0 Å². The topological polar surface area (TPSA) is 102 Å². The van der Waals surface area contributed by atoms with E-state index in [9.17, 15) is 8.42 Å². The van der Waals surface area contributed by atoms with E-state index in [1.165, 1.54) is 16.6 Å². The number of anilines is 1. The van der Waals surface area contributed by atoms with Crippen molar-refractivity contribution in [2.45, 2.75) is 11.3 Å². The van der Waals surface area contributed by atoms with E-state index in [4.69, 9.17) is 23.1 Å². The van der Waals surface area contributed by atoms with Gasteiger partial charge in [-0.2, -0.15) is 4.31 Å². The van der Waals surface area contributed by atoms with Crippen LogP contribution in [0.1, 0.15) is 5.56 Å². The molecule has 0 atom stereocenters.